The van der Waals surface area contributed by atoms with Crippen molar-refractivity contribution in [3.05, 3.63) is 119 Å². The summed E-state index contributed by atoms with van der Waals surface area (Å²) in [5, 5.41) is 10.7. The number of sulfonamides is 2. The number of ether oxygens (including phenoxy) is 1. The van der Waals surface area contributed by atoms with Crippen LogP contribution in [0.5, 0.6) is 0 Å². The van der Waals surface area contributed by atoms with Gasteiger partial charge in [-0.25, -0.2) is 26.6 Å². The van der Waals surface area contributed by atoms with Crippen molar-refractivity contribution in [2.75, 3.05) is 42.2 Å². The number of aliphatic hydroxyl groups excluding tert-OH is 1. The molecule has 0 radical (unpaired) electrons. The summed E-state index contributed by atoms with van der Waals surface area (Å²) in [5.74, 6) is -0.296. The maximum Gasteiger partial charge on any atom is 0.512 e. The van der Waals surface area contributed by atoms with Crippen LogP contribution in [0.2, 0.25) is 0 Å². The summed E-state index contributed by atoms with van der Waals surface area (Å²) < 4.78 is 80.8. The third kappa shape index (κ3) is 12.2. The second kappa shape index (κ2) is 20.7. The molecule has 3 aromatic rings. The van der Waals surface area contributed by atoms with Gasteiger partial charge >= 0.3 is 21.5 Å². The maximum atomic E-state index is 12.1. The molecular formula is C44H56F3N4O7S2+. The highest BCUT2D eigenvalue weighted by atomic mass is 32.3. The molecule has 0 aliphatic heterocycles. The van der Waals surface area contributed by atoms with Crippen molar-refractivity contribution in [2.45, 2.75) is 84.6 Å². The van der Waals surface area contributed by atoms with Crippen molar-refractivity contribution in [1.82, 2.24) is 4.13 Å². The van der Waals surface area contributed by atoms with E-state index >= 15 is 0 Å². The summed E-state index contributed by atoms with van der Waals surface area (Å²) in [4.78, 5) is 20.6. The van der Waals surface area contributed by atoms with Crippen LogP contribution < -0.4 is 18.9 Å². The molecule has 0 saturated heterocycles. The Balaban J connectivity index is 0.000000575. The zero-order valence-electron chi connectivity index (χ0n) is 35.0. The van der Waals surface area contributed by atoms with Crippen LogP contribution in [0.3, 0.4) is 0 Å². The molecule has 326 valence electrons. The Kier molecular flexibility index (Phi) is 16.5. The lowest BCUT2D eigenvalue weighted by Crippen LogP contribution is -2.80. The molecule has 0 amide bonds. The molecule has 3 N–H and O–H groups in total. The molecule has 0 spiro atoms. The van der Waals surface area contributed by atoms with Crippen LogP contribution in [0.1, 0.15) is 88.1 Å². The average molecular weight is 874 g/mol. The van der Waals surface area contributed by atoms with E-state index in [4.69, 9.17) is 4.74 Å². The van der Waals surface area contributed by atoms with E-state index in [-0.39, 0.29) is 18.7 Å². The molecule has 5 rings (SSSR count). The fraction of sp³-hybridized carbons (Fsp3) is 0.409. The molecule has 0 aromatic heterocycles. The maximum absolute atomic E-state index is 12.1. The molecule has 0 unspecified atom stereocenters. The van der Waals surface area contributed by atoms with Crippen LogP contribution in [0, 0.1) is 0 Å². The quantitative estimate of drug-likeness (QED) is 0.130. The van der Waals surface area contributed by atoms with Gasteiger partial charge in [-0.05, 0) is 117 Å². The first kappa shape index (κ1) is 47.9. The minimum atomic E-state index is -5.79. The first-order valence-corrected chi connectivity index (χ1v) is 23.3. The first-order chi connectivity index (χ1) is 28.3. The summed E-state index contributed by atoms with van der Waals surface area (Å²) in [6.45, 7) is 17.8. The van der Waals surface area contributed by atoms with E-state index in [1.807, 2.05) is 0 Å². The molecule has 2 aliphatic carbocycles. The number of rotatable bonds is 14. The largest absolute Gasteiger partial charge is 0.512 e. The van der Waals surface area contributed by atoms with Gasteiger partial charge in [-0.2, -0.15) is 13.2 Å². The van der Waals surface area contributed by atoms with Gasteiger partial charge in [0.2, 0.25) is 15.7 Å². The highest BCUT2D eigenvalue weighted by Crippen LogP contribution is 2.39. The molecule has 3 aromatic carbocycles. The number of esters is 1. The van der Waals surface area contributed by atoms with E-state index in [0.717, 1.165) is 102 Å². The Hall–Kier alpha value is -4.77. The second-order valence-corrected chi connectivity index (χ2v) is 18.3. The number of carbonyl (C=O) groups excluding carboxylic acids is 1. The van der Waals surface area contributed by atoms with Crippen molar-refractivity contribution in [3.63, 3.8) is 0 Å². The molecule has 0 heterocycles. The zero-order valence-corrected chi connectivity index (χ0v) is 36.6. The fourth-order valence-electron chi connectivity index (χ4n) is 7.31. The number of hydrogen-bond donors (Lipinski definition) is 3. The monoisotopic (exact) mass is 873 g/mol. The number of alkyl halides is 3. The molecular weight excluding hydrogens is 818 g/mol. The van der Waals surface area contributed by atoms with Crippen molar-refractivity contribution in [3.8, 4) is 0 Å². The minimum absolute atomic E-state index is 0.0482. The summed E-state index contributed by atoms with van der Waals surface area (Å²) in [5.41, 5.74) is 5.89. The molecule has 1 fully saturated rings. The first-order valence-electron chi connectivity index (χ1n) is 19.9. The number of aliphatic hydroxyl groups is 1. The number of nitrogens with zero attached hydrogens (tertiary/aromatic N) is 2. The number of hydrogen-bond acceptors (Lipinski definition) is 9. The molecule has 11 nitrogen and oxygen atoms in total. The Labute approximate surface area is 352 Å². The fourth-order valence-corrected chi connectivity index (χ4v) is 9.28. The summed E-state index contributed by atoms with van der Waals surface area (Å²) in [7, 11) is -10.2. The van der Waals surface area contributed by atoms with Crippen LogP contribution in [0.15, 0.2) is 91.0 Å². The van der Waals surface area contributed by atoms with Crippen LogP contribution in [-0.4, -0.2) is 83.7 Å². The van der Waals surface area contributed by atoms with Crippen LogP contribution >= 0.6 is 0 Å². The predicted octanol–water partition coefficient (Wildman–Crippen LogP) is 6.09. The van der Waals surface area contributed by atoms with Crippen LogP contribution in [0.4, 0.5) is 24.5 Å². The number of carbonyl (C=O) groups is 1. The Morgan fingerprint density at radius 3 is 1.90 bits per heavy atom. The Bertz CT molecular complexity index is 2310. The molecule has 0 bridgehead atoms. The van der Waals surface area contributed by atoms with Gasteiger partial charge in [-0.3, -0.25) is 0 Å². The van der Waals surface area contributed by atoms with E-state index in [1.165, 1.54) is 5.69 Å². The molecule has 2 aliphatic rings. The van der Waals surface area contributed by atoms with E-state index in [2.05, 4.69) is 128 Å². The van der Waals surface area contributed by atoms with Crippen molar-refractivity contribution in [1.29, 1.82) is 0 Å². The van der Waals surface area contributed by atoms with E-state index in [1.54, 1.807) is 6.92 Å². The molecule has 0 atom stereocenters. The minimum Gasteiger partial charge on any atom is -0.459 e. The predicted molar refractivity (Wildman–Crippen MR) is 232 cm³/mol. The standard InChI is InChI=1S/C42H51N3O3.C2H4F3NO4S2/c1-7-44(8-2)33-19-15-30(16-20-33)41(36-24-21-34(27-31(36)28-46)45(9-3)10-4)39-25-26-40(38-14-12-11-13-37(38)39)43-32-17-22-35(23-18-32)48-42(47)29(5)6;1-11(7,8)6-12(9,10)2(3,4)5/h11-16,19-21,24-27,32,35,46H,5,7-10,17-18,22-23,28H2,1-4,6H3;6H,1H3/p+1. The van der Waals surface area contributed by atoms with Gasteiger partial charge in [0.1, 0.15) is 6.10 Å². The van der Waals surface area contributed by atoms with Gasteiger partial charge in [0.25, 0.3) is 0 Å². The highest BCUT2D eigenvalue weighted by Gasteiger charge is 2.47. The highest BCUT2D eigenvalue weighted by molar-refractivity contribution is 8.04. The number of allylic oxidation sites excluding steroid dienone is 3. The summed E-state index contributed by atoms with van der Waals surface area (Å²) >= 11 is 0. The van der Waals surface area contributed by atoms with Gasteiger partial charge in [0, 0.05) is 62.0 Å². The normalized spacial score (nSPS) is 18.2. The number of benzene rings is 3. The third-order valence-corrected chi connectivity index (χ3v) is 13.1. The van der Waals surface area contributed by atoms with Gasteiger partial charge in [-0.1, -0.05) is 43.0 Å². The number of anilines is 2. The van der Waals surface area contributed by atoms with Gasteiger partial charge < -0.3 is 19.6 Å². The number of fused-ring (bicyclic) bond motifs is 1. The van der Waals surface area contributed by atoms with Gasteiger partial charge in [-0.15, -0.1) is 4.13 Å². The van der Waals surface area contributed by atoms with Gasteiger partial charge in [0.15, 0.2) is 6.04 Å². The number of nitrogens with one attached hydrogen (secondary N) is 2. The lowest BCUT2D eigenvalue weighted by molar-refractivity contribution is -0.507. The van der Waals surface area contributed by atoms with E-state index in [0.29, 0.717) is 22.0 Å². The topological polar surface area (TPSA) is 147 Å². The van der Waals surface area contributed by atoms with Crippen LogP contribution in [0.25, 0.3) is 11.1 Å². The SMILES string of the molecule is C=C(C)C(=O)OC1CCC([NH+]=C2C=CC(=C(c3ccc(N(CC)CC)cc3)c3ccc(N(CC)CC)cc3CO)c3ccccc32)CC1.CS(=O)(=O)NS(=O)(=O)C(F)(F)F. The lowest BCUT2D eigenvalue weighted by Gasteiger charge is -2.26. The van der Waals surface area contributed by atoms with Crippen LogP contribution in [-0.2, 0) is 36.2 Å². The molecule has 60 heavy (non-hydrogen) atoms. The third-order valence-electron chi connectivity index (χ3n) is 10.4. The van der Waals surface area contributed by atoms with Crippen molar-refractivity contribution in [2.24, 2.45) is 0 Å². The number of halogens is 3. The van der Waals surface area contributed by atoms with Crippen molar-refractivity contribution >= 4 is 54.2 Å². The van der Waals surface area contributed by atoms with E-state index < -0.39 is 25.6 Å². The molecule has 16 heteroatoms. The van der Waals surface area contributed by atoms with E-state index in [9.17, 15) is 39.9 Å². The second-order valence-electron chi connectivity index (χ2n) is 14.6. The molecule has 1 saturated carbocycles. The average Bonchev–Trinajstić information content (AvgIpc) is 3.20. The van der Waals surface area contributed by atoms with Gasteiger partial charge in [0.05, 0.1) is 18.4 Å². The smallest absolute Gasteiger partial charge is 0.459 e. The lowest BCUT2D eigenvalue weighted by atomic mass is 9.82. The Morgan fingerprint density at radius 1 is 0.850 bits per heavy atom. The Morgan fingerprint density at radius 2 is 1.40 bits per heavy atom. The van der Waals surface area contributed by atoms with Crippen molar-refractivity contribution < 1.29 is 49.6 Å². The summed E-state index contributed by atoms with van der Waals surface area (Å²) in [6.07, 6.45) is 8.22. The zero-order chi connectivity index (χ0) is 44.4. The summed E-state index contributed by atoms with van der Waals surface area (Å²) in [6, 6.07) is 24.3.